The lowest BCUT2D eigenvalue weighted by Gasteiger charge is -2.21. The minimum atomic E-state index is -3.77. The summed E-state index contributed by atoms with van der Waals surface area (Å²) in [7, 11) is -3.77. The molecule has 0 aliphatic rings. The van der Waals surface area contributed by atoms with Gasteiger partial charge in [-0.05, 0) is 23.6 Å². The molecule has 1 rings (SSSR count). The van der Waals surface area contributed by atoms with Crippen molar-refractivity contribution in [3.8, 4) is 0 Å². The van der Waals surface area contributed by atoms with Crippen molar-refractivity contribution in [2.75, 3.05) is 0 Å². The second-order valence-corrected chi connectivity index (χ2v) is 6.53. The minimum Gasteiger partial charge on any atom is -0.368 e. The molecule has 0 saturated carbocycles. The molecule has 0 fully saturated rings. The number of nitrogens with two attached hydrogens (primary N) is 1. The summed E-state index contributed by atoms with van der Waals surface area (Å²) in [6.45, 7) is 3.57. The molecule has 2 unspecified atom stereocenters. The summed E-state index contributed by atoms with van der Waals surface area (Å²) in [5.74, 6) is -1.84. The smallest absolute Gasteiger partial charge is 0.235 e. The van der Waals surface area contributed by atoms with Crippen molar-refractivity contribution in [3.63, 3.8) is 0 Å². The van der Waals surface area contributed by atoms with E-state index in [1.54, 1.807) is 6.92 Å². The van der Waals surface area contributed by atoms with E-state index in [0.29, 0.717) is 12.0 Å². The fraction of sp³-hybridized carbons (Fsp3) is 0.462. The van der Waals surface area contributed by atoms with E-state index in [1.807, 2.05) is 6.92 Å². The highest BCUT2D eigenvalue weighted by molar-refractivity contribution is 7.88. The molecule has 0 aliphatic carbocycles. The third-order valence-electron chi connectivity index (χ3n) is 3.07. The van der Waals surface area contributed by atoms with Gasteiger partial charge in [-0.2, -0.15) is 0 Å². The number of benzene rings is 1. The van der Waals surface area contributed by atoms with Crippen LogP contribution in [-0.2, 0) is 20.6 Å². The molecule has 0 bridgehead atoms. The van der Waals surface area contributed by atoms with E-state index >= 15 is 0 Å². The largest absolute Gasteiger partial charge is 0.368 e. The lowest BCUT2D eigenvalue weighted by atomic mass is 10.00. The van der Waals surface area contributed by atoms with Crippen molar-refractivity contribution in [2.24, 2.45) is 11.7 Å². The second-order valence-electron chi connectivity index (χ2n) is 4.77. The fourth-order valence-corrected chi connectivity index (χ4v) is 3.21. The molecule has 7 heteroatoms. The Kier molecular flexibility index (Phi) is 5.64. The van der Waals surface area contributed by atoms with Gasteiger partial charge in [-0.15, -0.1) is 0 Å². The first kappa shape index (κ1) is 16.6. The Morgan fingerprint density at radius 1 is 1.45 bits per heavy atom. The van der Waals surface area contributed by atoms with Crippen LogP contribution in [0, 0.1) is 11.7 Å². The van der Waals surface area contributed by atoms with Gasteiger partial charge in [-0.25, -0.2) is 17.5 Å². The molecular weight excluding hydrogens is 283 g/mol. The number of halogens is 1. The van der Waals surface area contributed by atoms with Gasteiger partial charge in [0.15, 0.2) is 0 Å². The molecule has 0 spiro atoms. The van der Waals surface area contributed by atoms with Crippen LogP contribution in [0.2, 0.25) is 0 Å². The Balaban J connectivity index is 2.85. The fourth-order valence-electron chi connectivity index (χ4n) is 1.77. The zero-order valence-corrected chi connectivity index (χ0v) is 12.3. The quantitative estimate of drug-likeness (QED) is 0.791. The van der Waals surface area contributed by atoms with Gasteiger partial charge in [0.1, 0.15) is 11.9 Å². The number of amides is 1. The maximum absolute atomic E-state index is 13.0. The third-order valence-corrected chi connectivity index (χ3v) is 4.40. The zero-order chi connectivity index (χ0) is 15.3. The molecule has 3 N–H and O–H groups in total. The summed E-state index contributed by atoms with van der Waals surface area (Å²) in [5, 5.41) is 0. The Morgan fingerprint density at radius 2 is 2.10 bits per heavy atom. The Hall–Kier alpha value is -1.47. The molecule has 112 valence electrons. The minimum absolute atomic E-state index is 0.213. The Labute approximate surface area is 118 Å². The third kappa shape index (κ3) is 4.90. The summed E-state index contributed by atoms with van der Waals surface area (Å²) in [4.78, 5) is 11.3. The van der Waals surface area contributed by atoms with E-state index in [0.717, 1.165) is 6.07 Å². The van der Waals surface area contributed by atoms with Gasteiger partial charge in [0.2, 0.25) is 15.9 Å². The maximum atomic E-state index is 13.0. The molecule has 5 nitrogen and oxygen atoms in total. The highest BCUT2D eigenvalue weighted by Gasteiger charge is 2.27. The molecule has 0 heterocycles. The molecule has 0 aliphatic heterocycles. The van der Waals surface area contributed by atoms with E-state index in [4.69, 9.17) is 5.73 Å². The van der Waals surface area contributed by atoms with Crippen LogP contribution in [0.4, 0.5) is 4.39 Å². The van der Waals surface area contributed by atoms with Crippen molar-refractivity contribution in [1.82, 2.24) is 4.72 Å². The molecule has 2 atom stereocenters. The van der Waals surface area contributed by atoms with Crippen molar-refractivity contribution < 1.29 is 17.6 Å². The Bertz CT molecular complexity index is 575. The van der Waals surface area contributed by atoms with Crippen LogP contribution in [0.5, 0.6) is 0 Å². The SMILES string of the molecule is CCC(C)C(NS(=O)(=O)Cc1cccc(F)c1)C(N)=O. The lowest BCUT2D eigenvalue weighted by molar-refractivity contribution is -0.120. The first-order chi connectivity index (χ1) is 9.25. The average molecular weight is 302 g/mol. The van der Waals surface area contributed by atoms with Gasteiger partial charge in [-0.1, -0.05) is 32.4 Å². The molecule has 20 heavy (non-hydrogen) atoms. The number of hydrogen-bond acceptors (Lipinski definition) is 3. The summed E-state index contributed by atoms with van der Waals surface area (Å²) < 4.78 is 39.3. The molecule has 1 amide bonds. The van der Waals surface area contributed by atoms with Crippen molar-refractivity contribution >= 4 is 15.9 Å². The summed E-state index contributed by atoms with van der Waals surface area (Å²) in [6, 6.07) is 4.35. The zero-order valence-electron chi connectivity index (χ0n) is 11.5. The van der Waals surface area contributed by atoms with E-state index < -0.39 is 33.5 Å². The highest BCUT2D eigenvalue weighted by Crippen LogP contribution is 2.12. The topological polar surface area (TPSA) is 89.3 Å². The molecule has 0 aromatic heterocycles. The van der Waals surface area contributed by atoms with Crippen molar-refractivity contribution in [1.29, 1.82) is 0 Å². The first-order valence-electron chi connectivity index (χ1n) is 6.29. The van der Waals surface area contributed by atoms with Crippen molar-refractivity contribution in [2.45, 2.75) is 32.1 Å². The van der Waals surface area contributed by atoms with E-state index in [2.05, 4.69) is 4.72 Å². The second kappa shape index (κ2) is 6.81. The first-order valence-corrected chi connectivity index (χ1v) is 7.94. The van der Waals surface area contributed by atoms with Gasteiger partial charge in [0.05, 0.1) is 5.75 Å². The predicted molar refractivity (Wildman–Crippen MR) is 74.6 cm³/mol. The molecule has 0 radical (unpaired) electrons. The number of sulfonamides is 1. The van der Waals surface area contributed by atoms with Crippen LogP contribution in [0.15, 0.2) is 24.3 Å². The lowest BCUT2D eigenvalue weighted by Crippen LogP contribution is -2.48. The number of nitrogens with one attached hydrogen (secondary N) is 1. The normalized spacial score (nSPS) is 14.8. The van der Waals surface area contributed by atoms with Crippen LogP contribution in [-0.4, -0.2) is 20.4 Å². The molecule has 0 saturated heterocycles. The molecule has 1 aromatic carbocycles. The number of hydrogen-bond donors (Lipinski definition) is 2. The standard InChI is InChI=1S/C13H19FN2O3S/c1-3-9(2)12(13(15)17)16-20(18,19)8-10-5-4-6-11(14)7-10/h4-7,9,12,16H,3,8H2,1-2H3,(H2,15,17). The van der Waals surface area contributed by atoms with Crippen molar-refractivity contribution in [3.05, 3.63) is 35.6 Å². The van der Waals surface area contributed by atoms with Crippen LogP contribution >= 0.6 is 0 Å². The van der Waals surface area contributed by atoms with Gasteiger partial charge < -0.3 is 5.73 Å². The monoisotopic (exact) mass is 302 g/mol. The van der Waals surface area contributed by atoms with Crippen LogP contribution < -0.4 is 10.5 Å². The summed E-state index contributed by atoms with van der Waals surface area (Å²) in [6.07, 6.45) is 0.607. The Morgan fingerprint density at radius 3 is 2.60 bits per heavy atom. The van der Waals surface area contributed by atoms with E-state index in [-0.39, 0.29) is 5.92 Å². The predicted octanol–water partition coefficient (Wildman–Crippen LogP) is 1.15. The van der Waals surface area contributed by atoms with Crippen LogP contribution in [0.25, 0.3) is 0 Å². The molecule has 1 aromatic rings. The van der Waals surface area contributed by atoms with Gasteiger partial charge >= 0.3 is 0 Å². The van der Waals surface area contributed by atoms with Gasteiger partial charge in [-0.3, -0.25) is 4.79 Å². The van der Waals surface area contributed by atoms with E-state index in [1.165, 1.54) is 18.2 Å². The van der Waals surface area contributed by atoms with Crippen LogP contribution in [0.1, 0.15) is 25.8 Å². The maximum Gasteiger partial charge on any atom is 0.235 e. The number of carbonyl (C=O) groups excluding carboxylic acids is 1. The number of primary amides is 1. The van der Waals surface area contributed by atoms with Gasteiger partial charge in [0.25, 0.3) is 0 Å². The highest BCUT2D eigenvalue weighted by atomic mass is 32.2. The van der Waals surface area contributed by atoms with E-state index in [9.17, 15) is 17.6 Å². The summed E-state index contributed by atoms with van der Waals surface area (Å²) >= 11 is 0. The van der Waals surface area contributed by atoms with Crippen LogP contribution in [0.3, 0.4) is 0 Å². The molecular formula is C13H19FN2O3S. The summed E-state index contributed by atoms with van der Waals surface area (Å²) in [5.41, 5.74) is 5.52. The average Bonchev–Trinajstić information content (AvgIpc) is 2.34. The number of rotatable bonds is 7. The number of carbonyl (C=O) groups is 1. The van der Waals surface area contributed by atoms with Gasteiger partial charge in [0, 0.05) is 0 Å².